The molecule has 1 aliphatic heterocycles. The Kier molecular flexibility index (Phi) is 5.29. The van der Waals surface area contributed by atoms with E-state index in [1.807, 2.05) is 23.1 Å². The van der Waals surface area contributed by atoms with Gasteiger partial charge < -0.3 is 10.1 Å². The highest BCUT2D eigenvalue weighted by molar-refractivity contribution is 7.99. The van der Waals surface area contributed by atoms with Crippen LogP contribution in [0.15, 0.2) is 0 Å². The van der Waals surface area contributed by atoms with Crippen LogP contribution in [0.4, 0.5) is 0 Å². The van der Waals surface area contributed by atoms with Crippen molar-refractivity contribution in [2.24, 2.45) is 0 Å². The monoisotopic (exact) mass is 300 g/mol. The lowest BCUT2D eigenvalue weighted by Crippen LogP contribution is -2.35. The zero-order valence-electron chi connectivity index (χ0n) is 12.3. The Morgan fingerprint density at radius 1 is 1.42 bits per heavy atom. The van der Waals surface area contributed by atoms with Crippen LogP contribution in [0.2, 0.25) is 0 Å². The molecule has 1 saturated heterocycles. The molecule has 1 aromatic heterocycles. The summed E-state index contributed by atoms with van der Waals surface area (Å²) in [5.41, 5.74) is 1.25. The summed E-state index contributed by atoms with van der Waals surface area (Å²) in [5.74, 6) is 1.28. The highest BCUT2D eigenvalue weighted by Crippen LogP contribution is 2.42. The lowest BCUT2D eigenvalue weighted by atomic mass is 10.1. The maximum absolute atomic E-state index is 5.29. The lowest BCUT2D eigenvalue weighted by molar-refractivity contribution is 0.181. The second-order valence-corrected chi connectivity index (χ2v) is 8.39. The Morgan fingerprint density at radius 3 is 2.79 bits per heavy atom. The van der Waals surface area contributed by atoms with E-state index in [1.54, 1.807) is 7.11 Å². The van der Waals surface area contributed by atoms with E-state index in [0.717, 1.165) is 12.2 Å². The fraction of sp³-hybridized carbons (Fsp3) is 0.786. The molecule has 0 radical (unpaired) electrons. The van der Waals surface area contributed by atoms with Gasteiger partial charge in [-0.25, -0.2) is 4.98 Å². The summed E-state index contributed by atoms with van der Waals surface area (Å²) in [4.78, 5) is 6.15. The average molecular weight is 300 g/mol. The van der Waals surface area contributed by atoms with Crippen molar-refractivity contribution in [3.05, 3.63) is 15.6 Å². The first-order valence-corrected chi connectivity index (χ1v) is 8.70. The van der Waals surface area contributed by atoms with Crippen molar-refractivity contribution in [3.8, 4) is 0 Å². The second-order valence-electron chi connectivity index (χ2n) is 5.96. The molecule has 1 fully saturated rings. The number of aromatic nitrogens is 1. The minimum atomic E-state index is 0.136. The first-order chi connectivity index (χ1) is 8.99. The van der Waals surface area contributed by atoms with Crippen LogP contribution in [-0.2, 0) is 17.9 Å². The van der Waals surface area contributed by atoms with Crippen molar-refractivity contribution in [2.45, 2.75) is 57.6 Å². The largest absolute Gasteiger partial charge is 0.378 e. The first kappa shape index (κ1) is 15.3. The summed E-state index contributed by atoms with van der Waals surface area (Å²) in [6.45, 7) is 8.08. The molecule has 0 aromatic carbocycles. The van der Waals surface area contributed by atoms with Crippen LogP contribution in [0, 0.1) is 0 Å². The molecule has 1 aliphatic rings. The summed E-state index contributed by atoms with van der Waals surface area (Å²) >= 11 is 3.91. The summed E-state index contributed by atoms with van der Waals surface area (Å²) in [5, 5.41) is 5.46. The van der Waals surface area contributed by atoms with Gasteiger partial charge in [0.2, 0.25) is 0 Å². The molecular formula is C14H24N2OS2. The van der Waals surface area contributed by atoms with Crippen molar-refractivity contribution < 1.29 is 4.74 Å². The molecule has 0 saturated carbocycles. The standard InChI is InChI=1S/C14H24N2OS2/c1-14(2,3)15-8-12-10(9-17-4)16-13(19-12)11-6-5-7-18-11/h11,15H,5-9H2,1-4H3. The van der Waals surface area contributed by atoms with E-state index in [1.165, 1.54) is 28.5 Å². The predicted molar refractivity (Wildman–Crippen MR) is 83.9 cm³/mol. The molecule has 1 N–H and O–H groups in total. The Balaban J connectivity index is 2.10. The normalized spacial score (nSPS) is 20.1. The van der Waals surface area contributed by atoms with Gasteiger partial charge in [-0.1, -0.05) is 0 Å². The third kappa shape index (κ3) is 4.45. The molecule has 2 heterocycles. The van der Waals surface area contributed by atoms with Gasteiger partial charge in [0.25, 0.3) is 0 Å². The molecule has 5 heteroatoms. The summed E-state index contributed by atoms with van der Waals surface area (Å²) in [7, 11) is 1.74. The lowest BCUT2D eigenvalue weighted by Gasteiger charge is -2.20. The average Bonchev–Trinajstić information content (AvgIpc) is 2.94. The fourth-order valence-corrected chi connectivity index (χ4v) is 4.57. The molecule has 3 nitrogen and oxygen atoms in total. The highest BCUT2D eigenvalue weighted by atomic mass is 32.2. The van der Waals surface area contributed by atoms with Crippen LogP contribution in [0.25, 0.3) is 0 Å². The summed E-state index contributed by atoms with van der Waals surface area (Å²) in [6.07, 6.45) is 2.60. The van der Waals surface area contributed by atoms with Gasteiger partial charge in [0.1, 0.15) is 5.01 Å². The molecule has 1 atom stereocenters. The van der Waals surface area contributed by atoms with Crippen molar-refractivity contribution in [1.29, 1.82) is 0 Å². The summed E-state index contributed by atoms with van der Waals surface area (Å²) < 4.78 is 5.29. The van der Waals surface area contributed by atoms with Crippen LogP contribution in [0.5, 0.6) is 0 Å². The van der Waals surface area contributed by atoms with Gasteiger partial charge in [0, 0.05) is 24.1 Å². The number of hydrogen-bond acceptors (Lipinski definition) is 5. The van der Waals surface area contributed by atoms with Crippen LogP contribution in [0.1, 0.15) is 54.4 Å². The Bertz CT molecular complexity index is 406. The molecule has 0 amide bonds. The Morgan fingerprint density at radius 2 is 2.21 bits per heavy atom. The number of ether oxygens (including phenoxy) is 1. The van der Waals surface area contributed by atoms with Crippen molar-refractivity contribution in [3.63, 3.8) is 0 Å². The van der Waals surface area contributed by atoms with Crippen LogP contribution in [-0.4, -0.2) is 23.4 Å². The van der Waals surface area contributed by atoms with Crippen LogP contribution in [0.3, 0.4) is 0 Å². The number of hydrogen-bond donors (Lipinski definition) is 1. The molecule has 0 bridgehead atoms. The number of methoxy groups -OCH3 is 1. The topological polar surface area (TPSA) is 34.1 Å². The molecule has 108 valence electrons. The smallest absolute Gasteiger partial charge is 0.106 e. The quantitative estimate of drug-likeness (QED) is 0.898. The van der Waals surface area contributed by atoms with Gasteiger partial charge in [-0.2, -0.15) is 11.8 Å². The minimum absolute atomic E-state index is 0.136. The molecular weight excluding hydrogens is 276 g/mol. The van der Waals surface area contributed by atoms with Gasteiger partial charge in [0.15, 0.2) is 0 Å². The van der Waals surface area contributed by atoms with Gasteiger partial charge in [-0.05, 0) is 39.4 Å². The van der Waals surface area contributed by atoms with Crippen LogP contribution < -0.4 is 5.32 Å². The number of thioether (sulfide) groups is 1. The van der Waals surface area contributed by atoms with Gasteiger partial charge in [-0.15, -0.1) is 11.3 Å². The molecule has 1 unspecified atom stereocenters. The number of rotatable bonds is 5. The number of nitrogens with one attached hydrogen (secondary N) is 1. The number of thiazole rings is 1. The first-order valence-electron chi connectivity index (χ1n) is 6.83. The van der Waals surface area contributed by atoms with Gasteiger partial charge in [0.05, 0.1) is 17.6 Å². The van der Waals surface area contributed by atoms with E-state index in [2.05, 4.69) is 26.1 Å². The van der Waals surface area contributed by atoms with E-state index >= 15 is 0 Å². The maximum atomic E-state index is 5.29. The third-order valence-corrected chi connectivity index (χ3v) is 5.81. The predicted octanol–water partition coefficient (Wildman–Crippen LogP) is 3.75. The fourth-order valence-electron chi connectivity index (χ4n) is 2.05. The van der Waals surface area contributed by atoms with E-state index < -0.39 is 0 Å². The van der Waals surface area contributed by atoms with Crippen molar-refractivity contribution in [1.82, 2.24) is 10.3 Å². The molecule has 1 aromatic rings. The molecule has 0 aliphatic carbocycles. The van der Waals surface area contributed by atoms with Gasteiger partial charge in [-0.3, -0.25) is 0 Å². The minimum Gasteiger partial charge on any atom is -0.378 e. The zero-order chi connectivity index (χ0) is 13.9. The molecule has 19 heavy (non-hydrogen) atoms. The molecule has 2 rings (SSSR count). The van der Waals surface area contributed by atoms with E-state index in [0.29, 0.717) is 11.9 Å². The summed E-state index contributed by atoms with van der Waals surface area (Å²) in [6, 6.07) is 0. The second kappa shape index (κ2) is 6.57. The highest BCUT2D eigenvalue weighted by Gasteiger charge is 2.23. The zero-order valence-corrected chi connectivity index (χ0v) is 13.9. The van der Waals surface area contributed by atoms with Gasteiger partial charge >= 0.3 is 0 Å². The Hall–Kier alpha value is -0.100. The van der Waals surface area contributed by atoms with Crippen molar-refractivity contribution in [2.75, 3.05) is 12.9 Å². The van der Waals surface area contributed by atoms with Crippen LogP contribution >= 0.6 is 23.1 Å². The van der Waals surface area contributed by atoms with E-state index in [-0.39, 0.29) is 5.54 Å². The van der Waals surface area contributed by atoms with E-state index in [9.17, 15) is 0 Å². The third-order valence-electron chi connectivity index (χ3n) is 3.06. The SMILES string of the molecule is COCc1nc(C2CCCS2)sc1CNC(C)(C)C. The van der Waals surface area contributed by atoms with Crippen molar-refractivity contribution >= 4 is 23.1 Å². The number of nitrogens with zero attached hydrogens (tertiary/aromatic N) is 1. The molecule has 0 spiro atoms. The Labute approximate surface area is 124 Å². The maximum Gasteiger partial charge on any atom is 0.106 e. The van der Waals surface area contributed by atoms with E-state index in [4.69, 9.17) is 9.72 Å².